The summed E-state index contributed by atoms with van der Waals surface area (Å²) in [6.45, 7) is 4.00. The lowest BCUT2D eigenvalue weighted by atomic mass is 10.2. The number of rotatable bonds is 6. The van der Waals surface area contributed by atoms with Crippen LogP contribution in [0.25, 0.3) is 10.9 Å². The van der Waals surface area contributed by atoms with Crippen LogP contribution in [0.15, 0.2) is 58.5 Å². The summed E-state index contributed by atoms with van der Waals surface area (Å²) in [5.41, 5.74) is 1.24. The molecular formula is C20H20ClN3O2S. The molecule has 0 saturated carbocycles. The van der Waals surface area contributed by atoms with Gasteiger partial charge in [-0.25, -0.2) is 4.98 Å². The van der Waals surface area contributed by atoms with E-state index in [1.54, 1.807) is 34.9 Å². The zero-order chi connectivity index (χ0) is 19.4. The Balaban J connectivity index is 1.84. The van der Waals surface area contributed by atoms with Crippen LogP contribution in [-0.2, 0) is 4.79 Å². The molecule has 140 valence electrons. The van der Waals surface area contributed by atoms with Crippen LogP contribution in [0.1, 0.15) is 26.3 Å². The molecule has 7 heteroatoms. The molecule has 0 spiro atoms. The van der Waals surface area contributed by atoms with Crippen molar-refractivity contribution in [3.63, 3.8) is 0 Å². The molecule has 27 heavy (non-hydrogen) atoms. The van der Waals surface area contributed by atoms with Gasteiger partial charge in [0.15, 0.2) is 5.16 Å². The van der Waals surface area contributed by atoms with E-state index in [0.29, 0.717) is 26.8 Å². The Morgan fingerprint density at radius 2 is 1.93 bits per heavy atom. The van der Waals surface area contributed by atoms with Gasteiger partial charge in [-0.1, -0.05) is 42.4 Å². The molecule has 0 saturated heterocycles. The minimum Gasteiger partial charge on any atom is -0.325 e. The van der Waals surface area contributed by atoms with Crippen molar-refractivity contribution in [2.75, 3.05) is 11.1 Å². The van der Waals surface area contributed by atoms with Gasteiger partial charge in [0.25, 0.3) is 5.56 Å². The van der Waals surface area contributed by atoms with Crippen molar-refractivity contribution >= 4 is 45.9 Å². The number of halogens is 1. The molecule has 0 bridgehead atoms. The van der Waals surface area contributed by atoms with E-state index in [1.165, 1.54) is 11.8 Å². The smallest absolute Gasteiger partial charge is 0.262 e. The van der Waals surface area contributed by atoms with E-state index < -0.39 is 0 Å². The highest BCUT2D eigenvalue weighted by Gasteiger charge is 2.16. The van der Waals surface area contributed by atoms with Gasteiger partial charge in [0.1, 0.15) is 0 Å². The number of fused-ring (bicyclic) bond motifs is 1. The lowest BCUT2D eigenvalue weighted by molar-refractivity contribution is -0.113. The summed E-state index contributed by atoms with van der Waals surface area (Å²) in [5.74, 6) is -0.00968. The molecule has 0 aliphatic rings. The van der Waals surface area contributed by atoms with Crippen molar-refractivity contribution in [1.29, 1.82) is 0 Å². The fourth-order valence-electron chi connectivity index (χ4n) is 2.66. The average molecular weight is 402 g/mol. The van der Waals surface area contributed by atoms with Gasteiger partial charge in [0, 0.05) is 16.8 Å². The first-order chi connectivity index (χ1) is 13.0. The summed E-state index contributed by atoms with van der Waals surface area (Å²) in [7, 11) is 0. The van der Waals surface area contributed by atoms with Crippen LogP contribution in [-0.4, -0.2) is 21.2 Å². The minimum atomic E-state index is -0.166. The SMILES string of the molecule is CC[C@@H](C)n1c(SCC(=O)Nc2ccc(Cl)cc2)nc2ccccc2c1=O. The number of benzene rings is 2. The standard InChI is InChI=1S/C20H20ClN3O2S/c1-3-13(2)24-19(26)16-6-4-5-7-17(16)23-20(24)27-12-18(25)22-15-10-8-14(21)9-11-15/h4-11,13H,3,12H2,1-2H3,(H,22,25)/t13-/m1/s1. The maximum absolute atomic E-state index is 12.9. The number of nitrogens with one attached hydrogen (secondary N) is 1. The van der Waals surface area contributed by atoms with Crippen molar-refractivity contribution in [2.45, 2.75) is 31.5 Å². The summed E-state index contributed by atoms with van der Waals surface area (Å²) >= 11 is 7.12. The van der Waals surface area contributed by atoms with Gasteiger partial charge < -0.3 is 5.32 Å². The third-order valence-corrected chi connectivity index (χ3v) is 5.47. The maximum Gasteiger partial charge on any atom is 0.262 e. The summed E-state index contributed by atoms with van der Waals surface area (Å²) in [6, 6.07) is 14.2. The number of nitrogens with zero attached hydrogens (tertiary/aromatic N) is 2. The molecule has 0 radical (unpaired) electrons. The number of hydrogen-bond donors (Lipinski definition) is 1. The molecule has 3 rings (SSSR count). The lowest BCUT2D eigenvalue weighted by Crippen LogP contribution is -2.26. The molecule has 3 aromatic rings. The normalized spacial score (nSPS) is 12.1. The van der Waals surface area contributed by atoms with Gasteiger partial charge in [0.2, 0.25) is 5.91 Å². The number of anilines is 1. The number of thioether (sulfide) groups is 1. The molecule has 1 aromatic heterocycles. The van der Waals surface area contributed by atoms with E-state index in [-0.39, 0.29) is 23.3 Å². The number of aromatic nitrogens is 2. The second-order valence-electron chi connectivity index (χ2n) is 6.19. The zero-order valence-corrected chi connectivity index (χ0v) is 16.7. The van der Waals surface area contributed by atoms with Gasteiger partial charge in [-0.05, 0) is 49.7 Å². The summed E-state index contributed by atoms with van der Waals surface area (Å²) in [6.07, 6.45) is 0.796. The Hall–Kier alpha value is -2.31. The third-order valence-electron chi connectivity index (χ3n) is 4.27. The summed E-state index contributed by atoms with van der Waals surface area (Å²) in [4.78, 5) is 29.8. The fourth-order valence-corrected chi connectivity index (χ4v) is 3.68. The highest BCUT2D eigenvalue weighted by Crippen LogP contribution is 2.23. The van der Waals surface area contributed by atoms with Crippen LogP contribution in [0.3, 0.4) is 0 Å². The largest absolute Gasteiger partial charge is 0.325 e. The van der Waals surface area contributed by atoms with Crippen LogP contribution in [0.5, 0.6) is 0 Å². The molecular weight excluding hydrogens is 382 g/mol. The Labute approximate surface area is 166 Å². The van der Waals surface area contributed by atoms with E-state index >= 15 is 0 Å². The average Bonchev–Trinajstić information content (AvgIpc) is 2.68. The molecule has 0 aliphatic heterocycles. The Kier molecular flexibility index (Phi) is 6.19. The second-order valence-corrected chi connectivity index (χ2v) is 7.57. The quantitative estimate of drug-likeness (QED) is 0.478. The van der Waals surface area contributed by atoms with Crippen LogP contribution < -0.4 is 10.9 Å². The van der Waals surface area contributed by atoms with Gasteiger partial charge in [0.05, 0.1) is 16.7 Å². The van der Waals surface area contributed by atoms with E-state index in [0.717, 1.165) is 6.42 Å². The Morgan fingerprint density at radius 3 is 2.63 bits per heavy atom. The van der Waals surface area contributed by atoms with Gasteiger partial charge in [-0.3, -0.25) is 14.2 Å². The van der Waals surface area contributed by atoms with Crippen molar-refractivity contribution in [1.82, 2.24) is 9.55 Å². The van der Waals surface area contributed by atoms with Crippen LogP contribution in [0, 0.1) is 0 Å². The fraction of sp³-hybridized carbons (Fsp3) is 0.250. The first-order valence-electron chi connectivity index (χ1n) is 8.69. The third kappa shape index (κ3) is 4.51. The van der Waals surface area contributed by atoms with Crippen LogP contribution in [0.2, 0.25) is 5.02 Å². The molecule has 1 atom stereocenters. The van der Waals surface area contributed by atoms with Gasteiger partial charge in [-0.15, -0.1) is 0 Å². The molecule has 0 fully saturated rings. The van der Waals surface area contributed by atoms with Crippen molar-refractivity contribution in [2.24, 2.45) is 0 Å². The first kappa shape index (κ1) is 19.5. The topological polar surface area (TPSA) is 64.0 Å². The predicted octanol–water partition coefficient (Wildman–Crippen LogP) is 4.75. The minimum absolute atomic E-state index is 0.00330. The lowest BCUT2D eigenvalue weighted by Gasteiger charge is -2.18. The molecule has 1 amide bonds. The molecule has 0 aliphatic carbocycles. The number of hydrogen-bond acceptors (Lipinski definition) is 4. The van der Waals surface area contributed by atoms with Crippen molar-refractivity contribution in [3.05, 3.63) is 63.9 Å². The summed E-state index contributed by atoms with van der Waals surface area (Å²) in [5, 5.41) is 4.58. The van der Waals surface area contributed by atoms with Crippen LogP contribution in [0.4, 0.5) is 5.69 Å². The number of carbonyl (C=O) groups excluding carboxylic acids is 1. The predicted molar refractivity (Wildman–Crippen MR) is 112 cm³/mol. The number of carbonyl (C=O) groups is 1. The van der Waals surface area contributed by atoms with Gasteiger partial charge in [-0.2, -0.15) is 0 Å². The van der Waals surface area contributed by atoms with E-state index in [9.17, 15) is 9.59 Å². The maximum atomic E-state index is 12.9. The second kappa shape index (κ2) is 8.59. The molecule has 2 aromatic carbocycles. The Morgan fingerprint density at radius 1 is 1.22 bits per heavy atom. The summed E-state index contributed by atoms with van der Waals surface area (Å²) < 4.78 is 1.68. The molecule has 1 N–H and O–H groups in total. The monoisotopic (exact) mass is 401 g/mol. The number of amides is 1. The van der Waals surface area contributed by atoms with E-state index in [2.05, 4.69) is 10.3 Å². The van der Waals surface area contributed by atoms with Crippen LogP contribution >= 0.6 is 23.4 Å². The highest BCUT2D eigenvalue weighted by atomic mass is 35.5. The highest BCUT2D eigenvalue weighted by molar-refractivity contribution is 7.99. The number of para-hydroxylation sites is 1. The van der Waals surface area contributed by atoms with Crippen molar-refractivity contribution in [3.8, 4) is 0 Å². The zero-order valence-electron chi connectivity index (χ0n) is 15.1. The molecule has 5 nitrogen and oxygen atoms in total. The van der Waals surface area contributed by atoms with Gasteiger partial charge >= 0.3 is 0 Å². The Bertz CT molecular complexity index is 1020. The first-order valence-corrected chi connectivity index (χ1v) is 10.1. The molecule has 1 heterocycles. The van der Waals surface area contributed by atoms with E-state index in [1.807, 2.05) is 32.0 Å². The van der Waals surface area contributed by atoms with Crippen molar-refractivity contribution < 1.29 is 4.79 Å². The molecule has 0 unspecified atom stereocenters. The van der Waals surface area contributed by atoms with E-state index in [4.69, 9.17) is 11.6 Å².